The first-order valence-electron chi connectivity index (χ1n) is 8.47. The Morgan fingerprint density at radius 1 is 1.25 bits per heavy atom. The molecule has 0 aliphatic carbocycles. The lowest BCUT2D eigenvalue weighted by molar-refractivity contribution is -0.141. The minimum absolute atomic E-state index is 0.0725. The van der Waals surface area contributed by atoms with E-state index in [0.717, 1.165) is 5.06 Å². The van der Waals surface area contributed by atoms with Crippen LogP contribution >= 0.6 is 11.6 Å². The fourth-order valence-electron chi connectivity index (χ4n) is 2.04. The lowest BCUT2D eigenvalue weighted by Gasteiger charge is -2.24. The Balaban J connectivity index is 2.58. The van der Waals surface area contributed by atoms with Gasteiger partial charge >= 0.3 is 18.2 Å². The molecule has 0 saturated carbocycles. The predicted octanol–water partition coefficient (Wildman–Crippen LogP) is 3.21. The minimum atomic E-state index is -1.27. The van der Waals surface area contributed by atoms with Crippen LogP contribution in [0.25, 0.3) is 0 Å². The molecular formula is C18H25ClN2O7. The van der Waals surface area contributed by atoms with Gasteiger partial charge in [0, 0.05) is 10.6 Å². The molecule has 1 aromatic rings. The van der Waals surface area contributed by atoms with E-state index in [9.17, 15) is 19.5 Å². The SMILES string of the molecule is CON(CC[C@H](NC(=O)OC(C)(C)C)C(=O)O)C(=O)OCc1ccccc1Cl. The molecule has 0 radical (unpaired) electrons. The average molecular weight is 417 g/mol. The fraction of sp³-hybridized carbons (Fsp3) is 0.500. The van der Waals surface area contributed by atoms with E-state index in [-0.39, 0.29) is 19.6 Å². The average Bonchev–Trinajstić information content (AvgIpc) is 2.58. The summed E-state index contributed by atoms with van der Waals surface area (Å²) in [5.41, 5.74) is -0.155. The molecule has 10 heteroatoms. The summed E-state index contributed by atoms with van der Waals surface area (Å²) < 4.78 is 10.2. The first-order chi connectivity index (χ1) is 13.0. The normalized spacial score (nSPS) is 12.0. The van der Waals surface area contributed by atoms with E-state index >= 15 is 0 Å². The van der Waals surface area contributed by atoms with Gasteiger partial charge in [-0.05, 0) is 33.3 Å². The predicted molar refractivity (Wildman–Crippen MR) is 101 cm³/mol. The second-order valence-electron chi connectivity index (χ2n) is 6.76. The van der Waals surface area contributed by atoms with Gasteiger partial charge in [0.25, 0.3) is 0 Å². The minimum Gasteiger partial charge on any atom is -0.480 e. The summed E-state index contributed by atoms with van der Waals surface area (Å²) in [5.74, 6) is -1.27. The standard InChI is InChI=1S/C18H25ClN2O7/c1-18(2,3)28-16(24)20-14(15(22)23)9-10-21(26-4)17(25)27-11-12-7-5-6-8-13(12)19/h5-8,14H,9-11H2,1-4H3,(H,20,24)(H,22,23)/t14-/m0/s1. The molecule has 0 spiro atoms. The van der Waals surface area contributed by atoms with Gasteiger partial charge in [-0.2, -0.15) is 5.06 Å². The maximum absolute atomic E-state index is 12.1. The van der Waals surface area contributed by atoms with E-state index in [2.05, 4.69) is 5.32 Å². The van der Waals surface area contributed by atoms with Gasteiger partial charge in [-0.25, -0.2) is 14.4 Å². The van der Waals surface area contributed by atoms with Crippen LogP contribution in [0.5, 0.6) is 0 Å². The zero-order chi connectivity index (χ0) is 21.3. The van der Waals surface area contributed by atoms with Crippen molar-refractivity contribution in [3.63, 3.8) is 0 Å². The van der Waals surface area contributed by atoms with E-state index in [1.54, 1.807) is 45.0 Å². The first-order valence-corrected chi connectivity index (χ1v) is 8.85. The summed E-state index contributed by atoms with van der Waals surface area (Å²) in [4.78, 5) is 40.2. The molecule has 28 heavy (non-hydrogen) atoms. The van der Waals surface area contributed by atoms with Crippen LogP contribution < -0.4 is 5.32 Å². The van der Waals surface area contributed by atoms with Crippen LogP contribution in [-0.2, 0) is 25.7 Å². The van der Waals surface area contributed by atoms with Gasteiger partial charge in [0.15, 0.2) is 0 Å². The van der Waals surface area contributed by atoms with E-state index in [4.69, 9.17) is 25.9 Å². The summed E-state index contributed by atoms with van der Waals surface area (Å²) in [5, 5.41) is 12.8. The zero-order valence-corrected chi connectivity index (χ0v) is 17.0. The number of carboxylic acid groups (broad SMARTS) is 1. The summed E-state index contributed by atoms with van der Waals surface area (Å²) in [7, 11) is 1.24. The fourth-order valence-corrected chi connectivity index (χ4v) is 2.23. The Bertz CT molecular complexity index is 691. The number of carbonyl (C=O) groups excluding carboxylic acids is 2. The van der Waals surface area contributed by atoms with Crippen molar-refractivity contribution in [2.24, 2.45) is 0 Å². The Kier molecular flexibility index (Phi) is 9.01. The van der Waals surface area contributed by atoms with Crippen LogP contribution in [0, 0.1) is 0 Å². The second-order valence-corrected chi connectivity index (χ2v) is 7.16. The van der Waals surface area contributed by atoms with Crippen molar-refractivity contribution in [2.45, 2.75) is 45.4 Å². The highest BCUT2D eigenvalue weighted by molar-refractivity contribution is 6.31. The van der Waals surface area contributed by atoms with Gasteiger partial charge in [-0.3, -0.25) is 4.84 Å². The lowest BCUT2D eigenvalue weighted by Crippen LogP contribution is -2.45. The van der Waals surface area contributed by atoms with Crippen molar-refractivity contribution >= 4 is 29.8 Å². The number of carboxylic acids is 1. The molecule has 9 nitrogen and oxygen atoms in total. The van der Waals surface area contributed by atoms with Gasteiger partial charge < -0.3 is 19.9 Å². The van der Waals surface area contributed by atoms with Gasteiger partial charge in [-0.1, -0.05) is 29.8 Å². The molecular weight excluding hydrogens is 392 g/mol. The maximum Gasteiger partial charge on any atom is 0.434 e. The molecule has 0 aliphatic heterocycles. The van der Waals surface area contributed by atoms with Gasteiger partial charge in [0.2, 0.25) is 0 Å². The highest BCUT2D eigenvalue weighted by Crippen LogP contribution is 2.16. The highest BCUT2D eigenvalue weighted by Gasteiger charge is 2.26. The smallest absolute Gasteiger partial charge is 0.434 e. The maximum atomic E-state index is 12.1. The van der Waals surface area contributed by atoms with Crippen molar-refractivity contribution in [1.82, 2.24) is 10.4 Å². The molecule has 0 bridgehead atoms. The Morgan fingerprint density at radius 2 is 1.89 bits per heavy atom. The lowest BCUT2D eigenvalue weighted by atomic mass is 10.2. The number of benzene rings is 1. The number of aliphatic carboxylic acids is 1. The Morgan fingerprint density at radius 3 is 2.43 bits per heavy atom. The van der Waals surface area contributed by atoms with Crippen LogP contribution in [0.15, 0.2) is 24.3 Å². The van der Waals surface area contributed by atoms with Crippen molar-refractivity contribution in [2.75, 3.05) is 13.7 Å². The number of carbonyl (C=O) groups is 3. The molecule has 156 valence electrons. The summed E-state index contributed by atoms with van der Waals surface area (Å²) in [6.45, 7) is 4.76. The van der Waals surface area contributed by atoms with Crippen molar-refractivity contribution in [1.29, 1.82) is 0 Å². The number of nitrogens with zero attached hydrogens (tertiary/aromatic N) is 1. The van der Waals surface area contributed by atoms with Gasteiger partial charge in [0.05, 0.1) is 13.7 Å². The molecule has 1 rings (SSSR count). The van der Waals surface area contributed by atoms with Crippen LogP contribution in [0.1, 0.15) is 32.8 Å². The third kappa shape index (κ3) is 8.45. The second kappa shape index (κ2) is 10.7. The first kappa shape index (κ1) is 23.5. The Hall–Kier alpha value is -2.52. The number of alkyl carbamates (subject to hydrolysis) is 1. The molecule has 1 aromatic carbocycles. The molecule has 2 amide bonds. The quantitative estimate of drug-likeness (QED) is 0.625. The number of hydrogen-bond acceptors (Lipinski definition) is 6. The van der Waals surface area contributed by atoms with E-state index in [1.165, 1.54) is 7.11 Å². The molecule has 0 aromatic heterocycles. The number of hydrogen-bond donors (Lipinski definition) is 2. The van der Waals surface area contributed by atoms with Gasteiger partial charge in [-0.15, -0.1) is 0 Å². The number of amides is 2. The molecule has 0 fully saturated rings. The number of halogens is 1. The third-order valence-corrected chi connectivity index (χ3v) is 3.71. The van der Waals surface area contributed by atoms with Crippen molar-refractivity contribution < 1.29 is 33.8 Å². The van der Waals surface area contributed by atoms with Crippen LogP contribution in [-0.4, -0.2) is 53.6 Å². The summed E-state index contributed by atoms with van der Waals surface area (Å²) in [6, 6.07) is 5.60. The molecule has 0 heterocycles. The number of ether oxygens (including phenoxy) is 2. The van der Waals surface area contributed by atoms with Crippen LogP contribution in [0.3, 0.4) is 0 Å². The molecule has 2 N–H and O–H groups in total. The summed E-state index contributed by atoms with van der Waals surface area (Å²) >= 11 is 6.00. The van der Waals surface area contributed by atoms with E-state index < -0.39 is 29.8 Å². The van der Waals surface area contributed by atoms with Gasteiger partial charge in [0.1, 0.15) is 18.2 Å². The topological polar surface area (TPSA) is 114 Å². The van der Waals surface area contributed by atoms with E-state index in [1.807, 2.05) is 0 Å². The molecule has 0 aliphatic rings. The van der Waals surface area contributed by atoms with Crippen molar-refractivity contribution in [3.05, 3.63) is 34.9 Å². The van der Waals surface area contributed by atoms with Crippen molar-refractivity contribution in [3.8, 4) is 0 Å². The van der Waals surface area contributed by atoms with Crippen LogP contribution in [0.4, 0.5) is 9.59 Å². The Labute approximate surface area is 168 Å². The largest absolute Gasteiger partial charge is 0.480 e. The zero-order valence-electron chi connectivity index (χ0n) is 16.2. The molecule has 1 atom stereocenters. The molecule has 0 unspecified atom stereocenters. The van der Waals surface area contributed by atoms with E-state index in [0.29, 0.717) is 10.6 Å². The highest BCUT2D eigenvalue weighted by atomic mass is 35.5. The number of hydroxylamine groups is 2. The third-order valence-electron chi connectivity index (χ3n) is 3.34. The molecule has 0 saturated heterocycles. The van der Waals surface area contributed by atoms with Crippen LogP contribution in [0.2, 0.25) is 5.02 Å². The number of nitrogens with one attached hydrogen (secondary N) is 1. The number of rotatable bonds is 8. The summed E-state index contributed by atoms with van der Waals surface area (Å²) in [6.07, 6.45) is -1.81. The monoisotopic (exact) mass is 416 g/mol.